The predicted molar refractivity (Wildman–Crippen MR) is 80.6 cm³/mol. The van der Waals surface area contributed by atoms with Gasteiger partial charge in [-0.3, -0.25) is 0 Å². The Balaban J connectivity index is 1.81. The summed E-state index contributed by atoms with van der Waals surface area (Å²) >= 11 is 0. The lowest BCUT2D eigenvalue weighted by molar-refractivity contribution is 0.00927. The van der Waals surface area contributed by atoms with Crippen LogP contribution in [-0.2, 0) is 4.74 Å². The molecule has 2 aromatic rings. The van der Waals surface area contributed by atoms with Crippen molar-refractivity contribution in [3.63, 3.8) is 0 Å². The van der Waals surface area contributed by atoms with Crippen LogP contribution in [0.5, 0.6) is 0 Å². The van der Waals surface area contributed by atoms with Gasteiger partial charge in [0, 0.05) is 23.7 Å². The fourth-order valence-electron chi connectivity index (χ4n) is 2.87. The summed E-state index contributed by atoms with van der Waals surface area (Å²) in [6.45, 7) is 3.08. The first-order valence-electron chi connectivity index (χ1n) is 7.22. The molecule has 19 heavy (non-hydrogen) atoms. The molecule has 1 aliphatic heterocycles. The van der Waals surface area contributed by atoms with E-state index in [9.17, 15) is 0 Å². The van der Waals surface area contributed by atoms with E-state index < -0.39 is 0 Å². The first-order valence-corrected chi connectivity index (χ1v) is 7.22. The number of fused-ring (bicyclic) bond motifs is 1. The Kier molecular flexibility index (Phi) is 3.69. The van der Waals surface area contributed by atoms with E-state index in [2.05, 4.69) is 54.7 Å². The highest BCUT2D eigenvalue weighted by atomic mass is 16.5. The van der Waals surface area contributed by atoms with Crippen molar-refractivity contribution >= 4 is 16.5 Å². The predicted octanol–water partition coefficient (Wildman–Crippen LogP) is 4.21. The lowest BCUT2D eigenvalue weighted by atomic mass is 10.0. The van der Waals surface area contributed by atoms with Crippen LogP contribution in [0.3, 0.4) is 0 Å². The minimum Gasteiger partial charge on any atom is -0.382 e. The Morgan fingerprint density at radius 1 is 1.16 bits per heavy atom. The molecule has 1 N–H and O–H groups in total. The third-order valence-electron chi connectivity index (χ3n) is 3.97. The topological polar surface area (TPSA) is 21.3 Å². The number of rotatable bonds is 3. The summed E-state index contributed by atoms with van der Waals surface area (Å²) in [7, 11) is 0. The molecule has 0 aromatic heterocycles. The van der Waals surface area contributed by atoms with E-state index >= 15 is 0 Å². The molecule has 3 rings (SSSR count). The van der Waals surface area contributed by atoms with Crippen molar-refractivity contribution < 1.29 is 4.74 Å². The average Bonchev–Trinajstić information content (AvgIpc) is 2.48. The zero-order valence-corrected chi connectivity index (χ0v) is 11.4. The average molecular weight is 255 g/mol. The monoisotopic (exact) mass is 255 g/mol. The molecular formula is C17H21NO. The van der Waals surface area contributed by atoms with Crippen LogP contribution in [0.15, 0.2) is 42.5 Å². The first-order chi connectivity index (χ1) is 9.36. The van der Waals surface area contributed by atoms with Gasteiger partial charge in [0.1, 0.15) is 0 Å². The third-order valence-corrected chi connectivity index (χ3v) is 3.97. The molecule has 1 fully saturated rings. The number of nitrogens with one attached hydrogen (secondary N) is 1. The summed E-state index contributed by atoms with van der Waals surface area (Å²) in [4.78, 5) is 0. The Bertz CT molecular complexity index is 546. The molecule has 2 unspecified atom stereocenters. The van der Waals surface area contributed by atoms with Gasteiger partial charge < -0.3 is 10.1 Å². The molecule has 2 nitrogen and oxygen atoms in total. The molecule has 1 aliphatic rings. The van der Waals surface area contributed by atoms with E-state index in [0.717, 1.165) is 25.9 Å². The molecule has 0 aliphatic carbocycles. The Hall–Kier alpha value is -1.54. The van der Waals surface area contributed by atoms with E-state index in [1.165, 1.54) is 16.5 Å². The van der Waals surface area contributed by atoms with Gasteiger partial charge >= 0.3 is 0 Å². The summed E-state index contributed by atoms with van der Waals surface area (Å²) in [6, 6.07) is 15.6. The van der Waals surface area contributed by atoms with Crippen molar-refractivity contribution in [2.75, 3.05) is 11.9 Å². The van der Waals surface area contributed by atoms with Crippen molar-refractivity contribution in [1.29, 1.82) is 0 Å². The quantitative estimate of drug-likeness (QED) is 0.887. The van der Waals surface area contributed by atoms with Gasteiger partial charge in [0.15, 0.2) is 0 Å². The lowest BCUT2D eigenvalue weighted by Gasteiger charge is -2.30. The van der Waals surface area contributed by atoms with Crippen molar-refractivity contribution in [3.8, 4) is 0 Å². The van der Waals surface area contributed by atoms with E-state index in [4.69, 9.17) is 4.74 Å². The molecule has 1 saturated heterocycles. The molecule has 1 heterocycles. The molecule has 0 amide bonds. The normalized spacial score (nSPS) is 23.4. The fourth-order valence-corrected chi connectivity index (χ4v) is 2.87. The summed E-state index contributed by atoms with van der Waals surface area (Å²) in [5, 5.41) is 6.32. The highest BCUT2D eigenvalue weighted by Crippen LogP contribution is 2.26. The van der Waals surface area contributed by atoms with Crippen molar-refractivity contribution in [2.45, 2.75) is 38.3 Å². The zero-order valence-electron chi connectivity index (χ0n) is 11.4. The van der Waals surface area contributed by atoms with Crippen molar-refractivity contribution in [3.05, 3.63) is 42.5 Å². The minimum absolute atomic E-state index is 0.418. The number of benzene rings is 2. The molecule has 0 bridgehead atoms. The maximum absolute atomic E-state index is 5.74. The second kappa shape index (κ2) is 5.62. The molecule has 2 aromatic carbocycles. The Morgan fingerprint density at radius 3 is 2.89 bits per heavy atom. The standard InChI is InChI=1S/C17H21NO/c1-2-15-12-14(10-11-19-15)18-17-9-5-7-13-6-3-4-8-16(13)17/h3-9,14-15,18H,2,10-12H2,1H3. The number of hydrogen-bond donors (Lipinski definition) is 1. The molecule has 2 heteroatoms. The van der Waals surface area contributed by atoms with Crippen molar-refractivity contribution in [2.24, 2.45) is 0 Å². The van der Waals surface area contributed by atoms with Gasteiger partial charge in [-0.05, 0) is 30.7 Å². The second-order valence-corrected chi connectivity index (χ2v) is 5.29. The summed E-state index contributed by atoms with van der Waals surface area (Å²) in [5.41, 5.74) is 1.25. The maximum atomic E-state index is 5.74. The summed E-state index contributed by atoms with van der Waals surface area (Å²) in [5.74, 6) is 0. The largest absolute Gasteiger partial charge is 0.382 e. The molecule has 0 spiro atoms. The SMILES string of the molecule is CCC1CC(Nc2cccc3ccccc23)CCO1. The van der Waals surface area contributed by atoms with Gasteiger partial charge in [-0.15, -0.1) is 0 Å². The van der Waals surface area contributed by atoms with Crippen LogP contribution in [0.25, 0.3) is 10.8 Å². The number of hydrogen-bond acceptors (Lipinski definition) is 2. The van der Waals surface area contributed by atoms with Gasteiger partial charge in [0.2, 0.25) is 0 Å². The van der Waals surface area contributed by atoms with Crippen LogP contribution in [-0.4, -0.2) is 18.8 Å². The smallest absolute Gasteiger partial charge is 0.0592 e. The van der Waals surface area contributed by atoms with Crippen molar-refractivity contribution in [1.82, 2.24) is 0 Å². The van der Waals surface area contributed by atoms with Gasteiger partial charge in [0.05, 0.1) is 6.10 Å². The van der Waals surface area contributed by atoms with Gasteiger partial charge in [-0.1, -0.05) is 43.3 Å². The van der Waals surface area contributed by atoms with Crippen LogP contribution in [0.1, 0.15) is 26.2 Å². The zero-order chi connectivity index (χ0) is 13.1. The van der Waals surface area contributed by atoms with Crippen LogP contribution in [0.2, 0.25) is 0 Å². The molecule has 2 atom stereocenters. The van der Waals surface area contributed by atoms with Gasteiger partial charge in [-0.25, -0.2) is 0 Å². The fraction of sp³-hybridized carbons (Fsp3) is 0.412. The van der Waals surface area contributed by atoms with E-state index in [1.54, 1.807) is 0 Å². The van der Waals surface area contributed by atoms with Crippen LogP contribution >= 0.6 is 0 Å². The first kappa shape index (κ1) is 12.5. The second-order valence-electron chi connectivity index (χ2n) is 5.29. The van der Waals surface area contributed by atoms with Crippen LogP contribution in [0.4, 0.5) is 5.69 Å². The summed E-state index contributed by atoms with van der Waals surface area (Å²) in [6.07, 6.45) is 3.73. The molecule has 0 radical (unpaired) electrons. The van der Waals surface area contributed by atoms with Crippen LogP contribution < -0.4 is 5.32 Å². The van der Waals surface area contributed by atoms with E-state index in [-0.39, 0.29) is 0 Å². The number of ether oxygens (including phenoxy) is 1. The summed E-state index contributed by atoms with van der Waals surface area (Å²) < 4.78 is 5.74. The highest BCUT2D eigenvalue weighted by Gasteiger charge is 2.21. The van der Waals surface area contributed by atoms with Gasteiger partial charge in [-0.2, -0.15) is 0 Å². The highest BCUT2D eigenvalue weighted by molar-refractivity contribution is 5.93. The Morgan fingerprint density at radius 2 is 2.00 bits per heavy atom. The number of anilines is 1. The van der Waals surface area contributed by atoms with Gasteiger partial charge in [0.25, 0.3) is 0 Å². The molecule has 0 saturated carbocycles. The minimum atomic E-state index is 0.418. The van der Waals surface area contributed by atoms with Crippen LogP contribution in [0, 0.1) is 0 Å². The third kappa shape index (κ3) is 2.74. The van der Waals surface area contributed by atoms with E-state index in [0.29, 0.717) is 12.1 Å². The van der Waals surface area contributed by atoms with E-state index in [1.807, 2.05) is 0 Å². The Labute approximate surface area is 114 Å². The lowest BCUT2D eigenvalue weighted by Crippen LogP contribution is -2.33. The molecule has 100 valence electrons. The maximum Gasteiger partial charge on any atom is 0.0592 e. The molecular weight excluding hydrogens is 234 g/mol.